The minimum atomic E-state index is -4.17. The second kappa shape index (κ2) is 10.3. The van der Waals surface area contributed by atoms with E-state index in [1.807, 2.05) is 0 Å². The van der Waals surface area contributed by atoms with Crippen molar-refractivity contribution in [2.75, 3.05) is 12.9 Å². The Bertz CT molecular complexity index is 667. The molecular formula is C15H23F2NO8S. The highest BCUT2D eigenvalue weighted by atomic mass is 32.2. The van der Waals surface area contributed by atoms with E-state index in [1.165, 1.54) is 13.8 Å². The van der Waals surface area contributed by atoms with E-state index in [4.69, 9.17) is 5.11 Å². The molecule has 156 valence electrons. The fraction of sp³-hybridized carbons (Fsp3) is 0.667. The van der Waals surface area contributed by atoms with Gasteiger partial charge in [0.25, 0.3) is 16.5 Å². The van der Waals surface area contributed by atoms with Gasteiger partial charge in [0.15, 0.2) is 6.10 Å². The van der Waals surface area contributed by atoms with Crippen LogP contribution in [0.5, 0.6) is 0 Å². The number of carboxylic acids is 1. The van der Waals surface area contributed by atoms with E-state index in [2.05, 4.69) is 15.5 Å². The molecule has 1 amide bonds. The molecule has 0 saturated carbocycles. The van der Waals surface area contributed by atoms with Gasteiger partial charge in [-0.05, 0) is 13.3 Å². The van der Waals surface area contributed by atoms with Crippen LogP contribution in [0.1, 0.15) is 26.7 Å². The lowest BCUT2D eigenvalue weighted by atomic mass is 9.76. The van der Waals surface area contributed by atoms with Crippen molar-refractivity contribution in [1.82, 2.24) is 5.32 Å². The summed E-state index contributed by atoms with van der Waals surface area (Å²) >= 11 is 0. The molecule has 3 unspecified atom stereocenters. The molecule has 0 aliphatic heterocycles. The van der Waals surface area contributed by atoms with E-state index in [1.54, 1.807) is 5.32 Å². The molecule has 0 aromatic rings. The third-order valence-electron chi connectivity index (χ3n) is 3.72. The van der Waals surface area contributed by atoms with Crippen LogP contribution in [0, 0.1) is 5.92 Å². The summed E-state index contributed by atoms with van der Waals surface area (Å²) in [6, 6.07) is 0. The Kier molecular flexibility index (Phi) is 9.51. The molecule has 0 radical (unpaired) electrons. The van der Waals surface area contributed by atoms with Crippen molar-refractivity contribution in [2.24, 2.45) is 5.92 Å². The maximum atomic E-state index is 13.9. The maximum Gasteiger partial charge on any atom is 0.338 e. The van der Waals surface area contributed by atoms with Gasteiger partial charge in [0.2, 0.25) is 11.9 Å². The van der Waals surface area contributed by atoms with E-state index in [0.717, 1.165) is 0 Å². The van der Waals surface area contributed by atoms with Crippen molar-refractivity contribution < 1.29 is 45.6 Å². The zero-order chi connectivity index (χ0) is 21.4. The summed E-state index contributed by atoms with van der Waals surface area (Å²) in [5, 5.41) is 10.9. The van der Waals surface area contributed by atoms with Crippen LogP contribution >= 0.6 is 0 Å². The standard InChI is InChI=1S/C15H23F2NO8S/c1-5-10(9(3)7-11(12(20)21)26-27(4,23)24)15(13(16)17,18-8-19)14(22)25-6-2/h8,10-11,13H,3,5-7H2,1-2,4H3,(H,18,19)(H,20,21). The molecule has 0 spiro atoms. The topological polar surface area (TPSA) is 136 Å². The molecule has 2 N–H and O–H groups in total. The third kappa shape index (κ3) is 6.54. The van der Waals surface area contributed by atoms with Gasteiger partial charge >= 0.3 is 11.9 Å². The van der Waals surface area contributed by atoms with E-state index in [0.29, 0.717) is 6.26 Å². The van der Waals surface area contributed by atoms with Gasteiger partial charge in [0.05, 0.1) is 12.9 Å². The van der Waals surface area contributed by atoms with Crippen molar-refractivity contribution in [3.8, 4) is 0 Å². The third-order valence-corrected chi connectivity index (χ3v) is 4.30. The smallest absolute Gasteiger partial charge is 0.338 e. The molecule has 0 aliphatic rings. The van der Waals surface area contributed by atoms with Crippen molar-refractivity contribution in [3.63, 3.8) is 0 Å². The zero-order valence-electron chi connectivity index (χ0n) is 15.1. The minimum Gasteiger partial charge on any atom is -0.479 e. The first kappa shape index (κ1) is 24.9. The number of hydrogen-bond acceptors (Lipinski definition) is 7. The fourth-order valence-electron chi connectivity index (χ4n) is 2.64. The Labute approximate surface area is 155 Å². The van der Waals surface area contributed by atoms with Crippen LogP contribution in [0.2, 0.25) is 0 Å². The summed E-state index contributed by atoms with van der Waals surface area (Å²) in [5.74, 6) is -4.54. The molecule has 0 aromatic heterocycles. The van der Waals surface area contributed by atoms with Gasteiger partial charge in [-0.15, -0.1) is 0 Å². The molecule has 27 heavy (non-hydrogen) atoms. The molecule has 0 heterocycles. The normalized spacial score (nSPS) is 16.1. The molecule has 0 fully saturated rings. The highest BCUT2D eigenvalue weighted by molar-refractivity contribution is 7.86. The number of halogens is 2. The molecule has 3 atom stereocenters. The number of amides is 1. The number of aliphatic carboxylic acids is 1. The molecular weight excluding hydrogens is 392 g/mol. The van der Waals surface area contributed by atoms with Crippen LogP contribution in [0.15, 0.2) is 12.2 Å². The average molecular weight is 415 g/mol. The second-order valence-electron chi connectivity index (χ2n) is 5.60. The quantitative estimate of drug-likeness (QED) is 0.194. The van der Waals surface area contributed by atoms with E-state index in [9.17, 15) is 31.6 Å². The highest BCUT2D eigenvalue weighted by Crippen LogP contribution is 2.36. The molecule has 9 nitrogen and oxygen atoms in total. The van der Waals surface area contributed by atoms with Gasteiger partial charge in [-0.3, -0.25) is 8.98 Å². The van der Waals surface area contributed by atoms with Crippen LogP contribution in [-0.2, 0) is 33.4 Å². The molecule has 0 bridgehead atoms. The predicted molar refractivity (Wildman–Crippen MR) is 89.5 cm³/mol. The molecule has 0 rings (SSSR count). The summed E-state index contributed by atoms with van der Waals surface area (Å²) in [6.07, 6.45) is -5.67. The SMILES string of the molecule is C=C(CC(OS(C)(=O)=O)C(=O)O)C(CC)C(NC=O)(C(=O)OCC)C(F)F. The molecule has 12 heteroatoms. The summed E-state index contributed by atoms with van der Waals surface area (Å²) in [6.45, 7) is 6.06. The minimum absolute atomic E-state index is 0.0965. The van der Waals surface area contributed by atoms with Crippen molar-refractivity contribution in [1.29, 1.82) is 0 Å². The van der Waals surface area contributed by atoms with E-state index >= 15 is 0 Å². The largest absolute Gasteiger partial charge is 0.479 e. The lowest BCUT2D eigenvalue weighted by Gasteiger charge is -2.38. The average Bonchev–Trinajstić information content (AvgIpc) is 2.52. The number of carboxylic acid groups (broad SMARTS) is 1. The lowest BCUT2D eigenvalue weighted by Crippen LogP contribution is -2.63. The number of nitrogens with one attached hydrogen (secondary N) is 1. The number of rotatable bonds is 13. The number of esters is 1. The lowest BCUT2D eigenvalue weighted by molar-refractivity contribution is -0.163. The Balaban J connectivity index is 5.99. The van der Waals surface area contributed by atoms with E-state index in [-0.39, 0.29) is 25.0 Å². The van der Waals surface area contributed by atoms with Crippen molar-refractivity contribution in [2.45, 2.75) is 44.8 Å². The second-order valence-corrected chi connectivity index (χ2v) is 7.20. The number of carbonyl (C=O) groups excluding carboxylic acids is 2. The number of ether oxygens (including phenoxy) is 1. The molecule has 0 aliphatic carbocycles. The van der Waals surface area contributed by atoms with Gasteiger partial charge in [-0.1, -0.05) is 19.1 Å². The summed E-state index contributed by atoms with van der Waals surface area (Å²) < 4.78 is 59.2. The van der Waals surface area contributed by atoms with Gasteiger partial charge in [-0.2, -0.15) is 8.42 Å². The first-order chi connectivity index (χ1) is 12.4. The first-order valence-electron chi connectivity index (χ1n) is 7.82. The van der Waals surface area contributed by atoms with Gasteiger partial charge in [0, 0.05) is 12.3 Å². The Morgan fingerprint density at radius 2 is 1.89 bits per heavy atom. The number of carbonyl (C=O) groups is 3. The fourth-order valence-corrected chi connectivity index (χ4v) is 3.21. The van der Waals surface area contributed by atoms with E-state index < -0.39 is 52.5 Å². The van der Waals surface area contributed by atoms with Crippen LogP contribution in [0.4, 0.5) is 8.78 Å². The maximum absolute atomic E-state index is 13.9. The van der Waals surface area contributed by atoms with Crippen LogP contribution in [0.3, 0.4) is 0 Å². The Hall–Kier alpha value is -2.08. The van der Waals surface area contributed by atoms with Gasteiger partial charge in [0.1, 0.15) is 0 Å². The van der Waals surface area contributed by atoms with Crippen LogP contribution in [0.25, 0.3) is 0 Å². The first-order valence-corrected chi connectivity index (χ1v) is 9.64. The van der Waals surface area contributed by atoms with Gasteiger partial charge < -0.3 is 15.2 Å². The Morgan fingerprint density at radius 1 is 1.33 bits per heavy atom. The highest BCUT2D eigenvalue weighted by Gasteiger charge is 2.55. The van der Waals surface area contributed by atoms with Gasteiger partial charge in [-0.25, -0.2) is 18.4 Å². The number of alkyl halides is 2. The molecule has 0 saturated heterocycles. The van der Waals surface area contributed by atoms with Crippen molar-refractivity contribution in [3.05, 3.63) is 12.2 Å². The number of hydrogen-bond donors (Lipinski definition) is 2. The molecule has 0 aromatic carbocycles. The Morgan fingerprint density at radius 3 is 2.22 bits per heavy atom. The van der Waals surface area contributed by atoms with Crippen LogP contribution < -0.4 is 5.32 Å². The summed E-state index contributed by atoms with van der Waals surface area (Å²) in [7, 11) is -4.17. The summed E-state index contributed by atoms with van der Waals surface area (Å²) in [5.41, 5.74) is -3.03. The predicted octanol–water partition coefficient (Wildman–Crippen LogP) is 0.701. The summed E-state index contributed by atoms with van der Waals surface area (Å²) in [4.78, 5) is 34.4. The van der Waals surface area contributed by atoms with Crippen LogP contribution in [-0.4, -0.2) is 62.8 Å². The zero-order valence-corrected chi connectivity index (χ0v) is 15.9. The van der Waals surface area contributed by atoms with Crippen molar-refractivity contribution >= 4 is 28.5 Å². The monoisotopic (exact) mass is 415 g/mol.